The van der Waals surface area contributed by atoms with Crippen LogP contribution < -0.4 is 5.32 Å². The molecule has 1 aromatic carbocycles. The van der Waals surface area contributed by atoms with Gasteiger partial charge in [0.2, 0.25) is 0 Å². The number of nitrogens with one attached hydrogen (secondary N) is 1. The molecule has 4 heteroatoms. The van der Waals surface area contributed by atoms with Crippen LogP contribution in [0.1, 0.15) is 37.8 Å². The molecule has 4 nitrogen and oxygen atoms in total. The maximum absolute atomic E-state index is 4.45. The lowest BCUT2D eigenvalue weighted by Crippen LogP contribution is -2.41. The summed E-state index contributed by atoms with van der Waals surface area (Å²) in [6.45, 7) is 10.1. The fourth-order valence-corrected chi connectivity index (χ4v) is 3.45. The van der Waals surface area contributed by atoms with Gasteiger partial charge in [0.15, 0.2) is 5.96 Å². The molecule has 1 aliphatic heterocycles. The number of hydrogen-bond acceptors (Lipinski definition) is 2. The molecule has 0 aliphatic carbocycles. The Balaban J connectivity index is 1.80. The third kappa shape index (κ3) is 5.52. The Morgan fingerprint density at radius 2 is 1.96 bits per heavy atom. The van der Waals surface area contributed by atoms with E-state index in [-0.39, 0.29) is 0 Å². The Morgan fingerprint density at radius 3 is 2.58 bits per heavy atom. The molecule has 0 amide bonds. The van der Waals surface area contributed by atoms with Gasteiger partial charge in [0.1, 0.15) is 0 Å². The summed E-state index contributed by atoms with van der Waals surface area (Å²) < 4.78 is 0. The second-order valence-electron chi connectivity index (χ2n) is 6.91. The fraction of sp³-hybridized carbons (Fsp3) is 0.650. The molecule has 134 valence electrons. The first-order valence-electron chi connectivity index (χ1n) is 9.38. The van der Waals surface area contributed by atoms with E-state index in [9.17, 15) is 0 Å². The van der Waals surface area contributed by atoms with Crippen LogP contribution in [-0.2, 0) is 13.0 Å². The van der Waals surface area contributed by atoms with Gasteiger partial charge in [-0.3, -0.25) is 4.99 Å². The lowest BCUT2D eigenvalue weighted by molar-refractivity contribution is 0.324. The number of rotatable bonds is 7. The van der Waals surface area contributed by atoms with Crippen LogP contribution in [0.25, 0.3) is 0 Å². The van der Waals surface area contributed by atoms with Gasteiger partial charge in [0.25, 0.3) is 0 Å². The summed E-state index contributed by atoms with van der Waals surface area (Å²) in [5.41, 5.74) is 2.72. The van der Waals surface area contributed by atoms with Gasteiger partial charge in [-0.1, -0.05) is 38.1 Å². The highest BCUT2D eigenvalue weighted by Crippen LogP contribution is 2.15. The number of hydrogen-bond donors (Lipinski definition) is 1. The van der Waals surface area contributed by atoms with Crippen molar-refractivity contribution in [2.24, 2.45) is 10.9 Å². The summed E-state index contributed by atoms with van der Waals surface area (Å²) in [7, 11) is 3.98. The van der Waals surface area contributed by atoms with Gasteiger partial charge in [0, 0.05) is 33.7 Å². The van der Waals surface area contributed by atoms with Crippen molar-refractivity contribution in [3.05, 3.63) is 35.4 Å². The summed E-state index contributed by atoms with van der Waals surface area (Å²) in [6.07, 6.45) is 3.64. The molecule has 1 aromatic rings. The first kappa shape index (κ1) is 18.8. The molecule has 1 saturated heterocycles. The molecule has 0 spiro atoms. The molecule has 1 unspecified atom stereocenters. The maximum atomic E-state index is 4.45. The minimum atomic E-state index is 0.741. The van der Waals surface area contributed by atoms with Gasteiger partial charge < -0.3 is 15.1 Å². The Bertz CT molecular complexity index is 509. The molecule has 0 saturated carbocycles. The topological polar surface area (TPSA) is 30.9 Å². The van der Waals surface area contributed by atoms with Crippen LogP contribution in [-0.4, -0.2) is 56.0 Å². The lowest BCUT2D eigenvalue weighted by Gasteiger charge is -2.24. The third-order valence-corrected chi connectivity index (χ3v) is 4.88. The van der Waals surface area contributed by atoms with Crippen molar-refractivity contribution in [3.8, 4) is 0 Å². The van der Waals surface area contributed by atoms with E-state index in [1.54, 1.807) is 0 Å². The molecule has 1 heterocycles. The molecule has 1 N–H and O–H groups in total. The van der Waals surface area contributed by atoms with Crippen molar-refractivity contribution >= 4 is 5.96 Å². The Hall–Kier alpha value is -1.55. The number of aliphatic imine (C=N–C) groups is 1. The summed E-state index contributed by atoms with van der Waals surface area (Å²) in [6, 6.07) is 8.89. The van der Waals surface area contributed by atoms with Gasteiger partial charge in [-0.2, -0.15) is 0 Å². The van der Waals surface area contributed by atoms with E-state index in [4.69, 9.17) is 0 Å². The zero-order chi connectivity index (χ0) is 17.4. The summed E-state index contributed by atoms with van der Waals surface area (Å²) >= 11 is 0. The van der Waals surface area contributed by atoms with Crippen LogP contribution in [0.4, 0.5) is 0 Å². The minimum absolute atomic E-state index is 0.741. The van der Waals surface area contributed by atoms with Crippen molar-refractivity contribution in [3.63, 3.8) is 0 Å². The van der Waals surface area contributed by atoms with Crippen LogP contribution in [0, 0.1) is 5.92 Å². The predicted octanol–water partition coefficient (Wildman–Crippen LogP) is 2.99. The highest BCUT2D eigenvalue weighted by molar-refractivity contribution is 5.79. The molecule has 1 aliphatic rings. The lowest BCUT2D eigenvalue weighted by atomic mass is 10.1. The molecule has 0 aromatic heterocycles. The minimum Gasteiger partial charge on any atom is -0.356 e. The number of aryl methyl sites for hydroxylation is 1. The second-order valence-corrected chi connectivity index (χ2v) is 6.91. The van der Waals surface area contributed by atoms with E-state index in [0.717, 1.165) is 31.4 Å². The van der Waals surface area contributed by atoms with Crippen molar-refractivity contribution in [2.45, 2.75) is 39.7 Å². The third-order valence-electron chi connectivity index (χ3n) is 4.88. The van der Waals surface area contributed by atoms with E-state index in [2.05, 4.69) is 65.3 Å². The zero-order valence-electron chi connectivity index (χ0n) is 15.9. The molecular weight excluding hydrogens is 296 g/mol. The molecule has 0 bridgehead atoms. The van der Waals surface area contributed by atoms with Crippen LogP contribution in [0.5, 0.6) is 0 Å². The van der Waals surface area contributed by atoms with Gasteiger partial charge in [-0.15, -0.1) is 0 Å². The van der Waals surface area contributed by atoms with Crippen LogP contribution in [0.15, 0.2) is 29.3 Å². The van der Waals surface area contributed by atoms with E-state index in [1.165, 1.54) is 43.6 Å². The molecule has 0 radical (unpaired) electrons. The van der Waals surface area contributed by atoms with E-state index in [1.807, 2.05) is 7.05 Å². The average molecular weight is 331 g/mol. The normalized spacial score (nSPS) is 18.8. The van der Waals surface area contributed by atoms with Gasteiger partial charge in [-0.05, 0) is 49.4 Å². The highest BCUT2D eigenvalue weighted by atomic mass is 15.3. The number of benzene rings is 1. The van der Waals surface area contributed by atoms with E-state index < -0.39 is 0 Å². The quantitative estimate of drug-likeness (QED) is 0.616. The molecule has 1 fully saturated rings. The number of guanidine groups is 1. The van der Waals surface area contributed by atoms with Crippen molar-refractivity contribution in [2.75, 3.05) is 40.3 Å². The predicted molar refractivity (Wildman–Crippen MR) is 103 cm³/mol. The molecule has 1 atom stereocenters. The SMILES string of the molecule is CCCN1CCC(CNC(=NC)N(C)Cc2ccc(CC)cc2)C1. The van der Waals surface area contributed by atoms with Crippen LogP contribution in [0.3, 0.4) is 0 Å². The van der Waals surface area contributed by atoms with Gasteiger partial charge in [0.05, 0.1) is 0 Å². The van der Waals surface area contributed by atoms with Gasteiger partial charge >= 0.3 is 0 Å². The smallest absolute Gasteiger partial charge is 0.193 e. The van der Waals surface area contributed by atoms with E-state index >= 15 is 0 Å². The Labute approximate surface area is 147 Å². The van der Waals surface area contributed by atoms with Crippen molar-refractivity contribution < 1.29 is 0 Å². The average Bonchev–Trinajstić information content (AvgIpc) is 3.04. The van der Waals surface area contributed by atoms with Crippen molar-refractivity contribution in [1.29, 1.82) is 0 Å². The van der Waals surface area contributed by atoms with Crippen molar-refractivity contribution in [1.82, 2.24) is 15.1 Å². The van der Waals surface area contributed by atoms with Crippen LogP contribution in [0.2, 0.25) is 0 Å². The Kier molecular flexibility index (Phi) is 7.57. The summed E-state index contributed by atoms with van der Waals surface area (Å²) in [5.74, 6) is 1.73. The maximum Gasteiger partial charge on any atom is 0.193 e. The van der Waals surface area contributed by atoms with E-state index in [0.29, 0.717) is 0 Å². The fourth-order valence-electron chi connectivity index (χ4n) is 3.45. The largest absolute Gasteiger partial charge is 0.356 e. The first-order chi connectivity index (χ1) is 11.7. The standard InChI is InChI=1S/C20H34N4/c1-5-12-24-13-11-19(16-24)14-22-20(21-3)23(4)15-18-9-7-17(6-2)8-10-18/h7-10,19H,5-6,11-16H2,1-4H3,(H,21,22). The molecule has 2 rings (SSSR count). The highest BCUT2D eigenvalue weighted by Gasteiger charge is 2.22. The molecule has 24 heavy (non-hydrogen) atoms. The number of likely N-dealkylation sites (tertiary alicyclic amines) is 1. The summed E-state index contributed by atoms with van der Waals surface area (Å²) in [5, 5.41) is 3.57. The first-order valence-corrected chi connectivity index (χ1v) is 9.38. The summed E-state index contributed by atoms with van der Waals surface area (Å²) in [4.78, 5) is 9.24. The Morgan fingerprint density at radius 1 is 1.25 bits per heavy atom. The molecular formula is C20H34N4. The van der Waals surface area contributed by atoms with Gasteiger partial charge in [-0.25, -0.2) is 0 Å². The second kappa shape index (κ2) is 9.67. The van der Waals surface area contributed by atoms with Crippen LogP contribution >= 0.6 is 0 Å². The zero-order valence-corrected chi connectivity index (χ0v) is 15.9. The monoisotopic (exact) mass is 330 g/mol. The number of nitrogens with zero attached hydrogens (tertiary/aromatic N) is 3.